The predicted octanol–water partition coefficient (Wildman–Crippen LogP) is 3.83. The molecule has 0 N–H and O–H groups in total. The Morgan fingerprint density at radius 2 is 1.91 bits per heavy atom. The van der Waals surface area contributed by atoms with E-state index in [1.165, 1.54) is 25.7 Å². The molecule has 3 aliphatic rings. The van der Waals surface area contributed by atoms with Gasteiger partial charge >= 0.3 is 0 Å². The summed E-state index contributed by atoms with van der Waals surface area (Å²) in [5.74, 6) is 2.81. The van der Waals surface area contributed by atoms with Crippen molar-refractivity contribution in [1.82, 2.24) is 4.31 Å². The van der Waals surface area contributed by atoms with Crippen molar-refractivity contribution in [3.8, 4) is 0 Å². The van der Waals surface area contributed by atoms with E-state index in [2.05, 4.69) is 6.92 Å². The molecule has 0 radical (unpaired) electrons. The molecular formula is C19H27NO2S. The highest BCUT2D eigenvalue weighted by atomic mass is 32.2. The van der Waals surface area contributed by atoms with Crippen LogP contribution in [0.5, 0.6) is 0 Å². The average Bonchev–Trinajstić information content (AvgIpc) is 3.10. The second kappa shape index (κ2) is 5.59. The third-order valence-electron chi connectivity index (χ3n) is 6.67. The molecule has 1 aromatic carbocycles. The van der Waals surface area contributed by atoms with Crippen molar-refractivity contribution < 1.29 is 8.42 Å². The molecule has 1 heterocycles. The molecule has 0 aromatic heterocycles. The lowest BCUT2D eigenvalue weighted by molar-refractivity contribution is 0.163. The van der Waals surface area contributed by atoms with Gasteiger partial charge in [-0.1, -0.05) is 37.5 Å². The first kappa shape index (κ1) is 15.6. The van der Waals surface area contributed by atoms with Crippen molar-refractivity contribution in [2.75, 3.05) is 6.54 Å². The molecule has 23 heavy (non-hydrogen) atoms. The van der Waals surface area contributed by atoms with Crippen LogP contribution in [-0.2, 0) is 10.0 Å². The molecule has 2 saturated carbocycles. The van der Waals surface area contributed by atoms with Gasteiger partial charge in [-0.2, -0.15) is 4.31 Å². The zero-order valence-electron chi connectivity index (χ0n) is 14.1. The van der Waals surface area contributed by atoms with Crippen molar-refractivity contribution in [2.45, 2.75) is 56.9 Å². The molecule has 0 bridgehead atoms. The molecule has 4 rings (SSSR count). The van der Waals surface area contributed by atoms with E-state index >= 15 is 0 Å². The van der Waals surface area contributed by atoms with Crippen molar-refractivity contribution in [3.63, 3.8) is 0 Å². The van der Waals surface area contributed by atoms with Gasteiger partial charge in [0.1, 0.15) is 0 Å². The monoisotopic (exact) mass is 333 g/mol. The minimum absolute atomic E-state index is 0.251. The number of benzene rings is 1. The highest BCUT2D eigenvalue weighted by molar-refractivity contribution is 7.89. The first-order valence-electron chi connectivity index (χ1n) is 9.11. The summed E-state index contributed by atoms with van der Waals surface area (Å²) in [6.45, 7) is 5.04. The Kier molecular flexibility index (Phi) is 3.80. The van der Waals surface area contributed by atoms with Crippen molar-refractivity contribution in [2.24, 2.45) is 23.7 Å². The van der Waals surface area contributed by atoms with Gasteiger partial charge in [-0.15, -0.1) is 0 Å². The summed E-state index contributed by atoms with van der Waals surface area (Å²) in [4.78, 5) is 0.470. The smallest absolute Gasteiger partial charge is 0.207 e. The number of sulfonamides is 1. The van der Waals surface area contributed by atoms with Crippen LogP contribution in [0, 0.1) is 30.6 Å². The molecule has 0 spiro atoms. The lowest BCUT2D eigenvalue weighted by Crippen LogP contribution is -2.42. The van der Waals surface area contributed by atoms with Gasteiger partial charge in [0.15, 0.2) is 0 Å². The van der Waals surface area contributed by atoms with Gasteiger partial charge in [0.25, 0.3) is 0 Å². The zero-order chi connectivity index (χ0) is 16.2. The molecular weight excluding hydrogens is 306 g/mol. The second-order valence-electron chi connectivity index (χ2n) is 7.79. The average molecular weight is 333 g/mol. The van der Waals surface area contributed by atoms with Crippen LogP contribution in [0.15, 0.2) is 29.2 Å². The number of rotatable bonds is 3. The van der Waals surface area contributed by atoms with E-state index in [0.29, 0.717) is 16.7 Å². The maximum atomic E-state index is 13.2. The van der Waals surface area contributed by atoms with Crippen LogP contribution in [-0.4, -0.2) is 25.3 Å². The quantitative estimate of drug-likeness (QED) is 0.843. The number of nitrogens with zero attached hydrogens (tertiary/aromatic N) is 1. The fraction of sp³-hybridized carbons (Fsp3) is 0.684. The van der Waals surface area contributed by atoms with Gasteiger partial charge in [-0.25, -0.2) is 8.42 Å². The molecule has 3 nitrogen and oxygen atoms in total. The van der Waals surface area contributed by atoms with Crippen LogP contribution in [0.1, 0.15) is 44.6 Å². The summed E-state index contributed by atoms with van der Waals surface area (Å²) < 4.78 is 28.2. The summed E-state index contributed by atoms with van der Waals surface area (Å²) in [5.41, 5.74) is 1.10. The van der Waals surface area contributed by atoms with E-state index in [-0.39, 0.29) is 6.04 Å². The molecule has 1 aromatic rings. The van der Waals surface area contributed by atoms with Gasteiger partial charge in [0, 0.05) is 12.6 Å². The fourth-order valence-electron chi connectivity index (χ4n) is 5.66. The molecule has 1 aliphatic heterocycles. The minimum Gasteiger partial charge on any atom is -0.207 e. The van der Waals surface area contributed by atoms with Crippen LogP contribution in [0.25, 0.3) is 0 Å². The Morgan fingerprint density at radius 1 is 1.17 bits per heavy atom. The number of aryl methyl sites for hydroxylation is 1. The predicted molar refractivity (Wildman–Crippen MR) is 91.6 cm³/mol. The first-order chi connectivity index (χ1) is 11.0. The van der Waals surface area contributed by atoms with E-state index < -0.39 is 10.0 Å². The summed E-state index contributed by atoms with van der Waals surface area (Å²) in [6, 6.07) is 7.60. The maximum absolute atomic E-state index is 13.2. The largest absolute Gasteiger partial charge is 0.243 e. The molecule has 0 unspecified atom stereocenters. The van der Waals surface area contributed by atoms with Crippen molar-refractivity contribution >= 4 is 10.0 Å². The van der Waals surface area contributed by atoms with Gasteiger partial charge in [-0.05, 0) is 62.0 Å². The number of hydrogen-bond acceptors (Lipinski definition) is 2. The number of hydrogen-bond donors (Lipinski definition) is 0. The van der Waals surface area contributed by atoms with E-state index in [9.17, 15) is 8.42 Å². The molecule has 126 valence electrons. The molecule has 4 heteroatoms. The highest BCUT2D eigenvalue weighted by Crippen LogP contribution is 2.56. The van der Waals surface area contributed by atoms with Crippen LogP contribution in [0.2, 0.25) is 0 Å². The third kappa shape index (κ3) is 2.37. The van der Waals surface area contributed by atoms with Crippen LogP contribution < -0.4 is 0 Å². The lowest BCUT2D eigenvalue weighted by Gasteiger charge is -2.37. The van der Waals surface area contributed by atoms with Gasteiger partial charge in [-0.3, -0.25) is 0 Å². The van der Waals surface area contributed by atoms with E-state index in [4.69, 9.17) is 0 Å². The summed E-state index contributed by atoms with van der Waals surface area (Å²) in [7, 11) is -3.34. The normalized spacial score (nSPS) is 37.0. The van der Waals surface area contributed by atoms with Gasteiger partial charge < -0.3 is 0 Å². The standard InChI is InChI=1S/C19H27NO2S/c1-3-14-11-15-12-20(18-6-4-5-17(14)19(15)18)23(21,22)16-9-7-13(2)8-10-16/h7-10,14-15,17-19H,3-6,11-12H2,1-2H3/t14-,15+,17+,18+,19-/m0/s1. The maximum Gasteiger partial charge on any atom is 0.243 e. The van der Waals surface area contributed by atoms with E-state index in [1.807, 2.05) is 23.4 Å². The Morgan fingerprint density at radius 3 is 2.61 bits per heavy atom. The second-order valence-corrected chi connectivity index (χ2v) is 9.68. The Labute approximate surface area is 140 Å². The van der Waals surface area contributed by atoms with E-state index in [1.54, 1.807) is 12.1 Å². The molecule has 1 saturated heterocycles. The van der Waals surface area contributed by atoms with Gasteiger partial charge in [0.2, 0.25) is 10.0 Å². The van der Waals surface area contributed by atoms with Crippen LogP contribution >= 0.6 is 0 Å². The molecule has 0 amide bonds. The molecule has 5 atom stereocenters. The van der Waals surface area contributed by atoms with Crippen LogP contribution in [0.3, 0.4) is 0 Å². The Balaban J connectivity index is 1.65. The fourth-order valence-corrected chi connectivity index (χ4v) is 7.40. The molecule has 3 fully saturated rings. The molecule has 2 aliphatic carbocycles. The first-order valence-corrected chi connectivity index (χ1v) is 10.5. The summed E-state index contributed by atoms with van der Waals surface area (Å²) in [6.07, 6.45) is 6.06. The highest BCUT2D eigenvalue weighted by Gasteiger charge is 2.56. The summed E-state index contributed by atoms with van der Waals surface area (Å²) >= 11 is 0. The Hall–Kier alpha value is -0.870. The van der Waals surface area contributed by atoms with Crippen LogP contribution in [0.4, 0.5) is 0 Å². The zero-order valence-corrected chi connectivity index (χ0v) is 14.9. The van der Waals surface area contributed by atoms with Crippen molar-refractivity contribution in [3.05, 3.63) is 29.8 Å². The lowest BCUT2D eigenvalue weighted by atomic mass is 9.74. The Bertz CT molecular complexity index is 682. The van der Waals surface area contributed by atoms with E-state index in [0.717, 1.165) is 30.4 Å². The topological polar surface area (TPSA) is 37.4 Å². The third-order valence-corrected chi connectivity index (χ3v) is 8.57. The minimum atomic E-state index is -3.34. The SMILES string of the molecule is CC[C@H]1C[C@@H]2CN(S(=O)(=O)c3ccc(C)cc3)[C@@H]3CCC[C@H]1[C@H]23. The van der Waals surface area contributed by atoms with Crippen molar-refractivity contribution in [1.29, 1.82) is 0 Å². The summed E-state index contributed by atoms with van der Waals surface area (Å²) in [5, 5.41) is 0. The van der Waals surface area contributed by atoms with Gasteiger partial charge in [0.05, 0.1) is 4.90 Å².